The van der Waals surface area contributed by atoms with Gasteiger partial charge in [0.1, 0.15) is 0 Å². The van der Waals surface area contributed by atoms with E-state index >= 15 is 0 Å². The van der Waals surface area contributed by atoms with E-state index in [4.69, 9.17) is 0 Å². The van der Waals surface area contributed by atoms with Crippen molar-refractivity contribution in [2.45, 2.75) is 52.0 Å². The minimum absolute atomic E-state index is 0.558. The van der Waals surface area contributed by atoms with Gasteiger partial charge in [-0.3, -0.25) is 0 Å². The van der Waals surface area contributed by atoms with Crippen molar-refractivity contribution in [1.82, 2.24) is 5.32 Å². The van der Waals surface area contributed by atoms with Gasteiger partial charge in [-0.1, -0.05) is 33.1 Å². The van der Waals surface area contributed by atoms with Crippen molar-refractivity contribution in [3.05, 3.63) is 20.8 Å². The summed E-state index contributed by atoms with van der Waals surface area (Å²) in [6, 6.07) is 2.74. The molecule has 2 rings (SSSR count). The topological polar surface area (TPSA) is 12.0 Å². The van der Waals surface area contributed by atoms with E-state index in [1.165, 1.54) is 41.5 Å². The van der Waals surface area contributed by atoms with Crippen LogP contribution < -0.4 is 5.32 Å². The van der Waals surface area contributed by atoms with Crippen molar-refractivity contribution in [1.29, 1.82) is 0 Å². The van der Waals surface area contributed by atoms with Crippen LogP contribution in [0.1, 0.15) is 56.9 Å². The molecule has 1 N–H and O–H groups in total. The molecule has 102 valence electrons. The SMILES string of the molecule is CCNC(c1sccc1Br)C1CCC(CC)CC1. The van der Waals surface area contributed by atoms with Gasteiger partial charge in [-0.25, -0.2) is 0 Å². The van der Waals surface area contributed by atoms with Gasteiger partial charge in [-0.2, -0.15) is 0 Å². The third-order valence-corrected chi connectivity index (χ3v) is 6.25. The predicted molar refractivity (Wildman–Crippen MR) is 84.2 cm³/mol. The van der Waals surface area contributed by atoms with Crippen LogP contribution in [-0.2, 0) is 0 Å². The van der Waals surface area contributed by atoms with Gasteiger partial charge in [0.25, 0.3) is 0 Å². The minimum Gasteiger partial charge on any atom is -0.309 e. The lowest BCUT2D eigenvalue weighted by Crippen LogP contribution is -2.30. The predicted octanol–water partition coefficient (Wildman–Crippen LogP) is 5.38. The van der Waals surface area contributed by atoms with E-state index in [9.17, 15) is 0 Å². The number of hydrogen-bond donors (Lipinski definition) is 1. The summed E-state index contributed by atoms with van der Waals surface area (Å²) in [5.41, 5.74) is 0. The van der Waals surface area contributed by atoms with Crippen molar-refractivity contribution in [2.75, 3.05) is 6.54 Å². The third kappa shape index (κ3) is 3.37. The van der Waals surface area contributed by atoms with Crippen molar-refractivity contribution < 1.29 is 0 Å². The molecule has 1 atom stereocenters. The highest BCUT2D eigenvalue weighted by Crippen LogP contribution is 2.41. The normalized spacial score (nSPS) is 26.2. The van der Waals surface area contributed by atoms with E-state index in [2.05, 4.69) is 46.5 Å². The summed E-state index contributed by atoms with van der Waals surface area (Å²) in [4.78, 5) is 1.50. The molecule has 1 aromatic rings. The number of hydrogen-bond acceptors (Lipinski definition) is 2. The molecule has 18 heavy (non-hydrogen) atoms. The molecule has 0 saturated heterocycles. The largest absolute Gasteiger partial charge is 0.309 e. The molecule has 1 fully saturated rings. The van der Waals surface area contributed by atoms with E-state index in [-0.39, 0.29) is 0 Å². The average Bonchev–Trinajstić information content (AvgIpc) is 2.82. The van der Waals surface area contributed by atoms with Crippen LogP contribution in [0.4, 0.5) is 0 Å². The molecule has 0 aromatic carbocycles. The molecular weight excluding hydrogens is 306 g/mol. The van der Waals surface area contributed by atoms with Crippen molar-refractivity contribution >= 4 is 27.3 Å². The van der Waals surface area contributed by atoms with Gasteiger partial charge in [-0.15, -0.1) is 11.3 Å². The fourth-order valence-corrected chi connectivity index (χ4v) is 4.94. The van der Waals surface area contributed by atoms with Gasteiger partial charge in [-0.05, 0) is 58.6 Å². The van der Waals surface area contributed by atoms with Crippen LogP contribution in [0.15, 0.2) is 15.9 Å². The fourth-order valence-electron chi connectivity index (χ4n) is 3.15. The Balaban J connectivity index is 2.05. The van der Waals surface area contributed by atoms with Crippen LogP contribution in [0.3, 0.4) is 0 Å². The summed E-state index contributed by atoms with van der Waals surface area (Å²) >= 11 is 5.59. The maximum absolute atomic E-state index is 3.71. The molecule has 0 aliphatic heterocycles. The Kier molecular flexibility index (Phi) is 5.71. The molecule has 1 saturated carbocycles. The molecular formula is C15H24BrNS. The second kappa shape index (κ2) is 7.06. The summed E-state index contributed by atoms with van der Waals surface area (Å²) in [6.45, 7) is 5.61. The van der Waals surface area contributed by atoms with E-state index in [1.807, 2.05) is 11.3 Å². The molecule has 0 amide bonds. The molecule has 1 aliphatic rings. The summed E-state index contributed by atoms with van der Waals surface area (Å²) < 4.78 is 1.29. The first-order valence-electron chi connectivity index (χ1n) is 7.22. The maximum atomic E-state index is 3.71. The first-order chi connectivity index (χ1) is 8.76. The van der Waals surface area contributed by atoms with Crippen molar-refractivity contribution in [3.8, 4) is 0 Å². The van der Waals surface area contributed by atoms with E-state index in [0.717, 1.165) is 18.4 Å². The summed E-state index contributed by atoms with van der Waals surface area (Å²) in [7, 11) is 0. The molecule has 1 heterocycles. The van der Waals surface area contributed by atoms with Crippen molar-refractivity contribution in [3.63, 3.8) is 0 Å². The lowest BCUT2D eigenvalue weighted by Gasteiger charge is -2.34. The molecule has 1 nitrogen and oxygen atoms in total. The first-order valence-corrected chi connectivity index (χ1v) is 8.89. The van der Waals surface area contributed by atoms with Gasteiger partial charge in [0.2, 0.25) is 0 Å². The van der Waals surface area contributed by atoms with Gasteiger partial charge in [0, 0.05) is 15.4 Å². The Hall–Kier alpha value is 0.140. The lowest BCUT2D eigenvalue weighted by atomic mass is 9.77. The smallest absolute Gasteiger partial charge is 0.0454 e. The Morgan fingerprint density at radius 2 is 2.06 bits per heavy atom. The number of rotatable bonds is 5. The van der Waals surface area contributed by atoms with Gasteiger partial charge in [0.05, 0.1) is 0 Å². The van der Waals surface area contributed by atoms with Crippen molar-refractivity contribution in [2.24, 2.45) is 11.8 Å². The molecule has 0 spiro atoms. The van der Waals surface area contributed by atoms with E-state index in [1.54, 1.807) is 0 Å². The van der Waals surface area contributed by atoms with Gasteiger partial charge >= 0.3 is 0 Å². The highest BCUT2D eigenvalue weighted by molar-refractivity contribution is 9.10. The minimum atomic E-state index is 0.558. The summed E-state index contributed by atoms with van der Waals surface area (Å²) in [6.07, 6.45) is 6.99. The fraction of sp³-hybridized carbons (Fsp3) is 0.733. The second-order valence-electron chi connectivity index (χ2n) is 5.36. The zero-order valence-electron chi connectivity index (χ0n) is 11.4. The Bertz CT molecular complexity index is 355. The molecule has 3 heteroatoms. The monoisotopic (exact) mass is 329 g/mol. The quantitative estimate of drug-likeness (QED) is 0.764. The molecule has 1 unspecified atom stereocenters. The summed E-state index contributed by atoms with van der Waals surface area (Å²) in [5, 5.41) is 5.90. The number of thiophene rings is 1. The van der Waals surface area contributed by atoms with Crippen LogP contribution >= 0.6 is 27.3 Å². The molecule has 0 bridgehead atoms. The van der Waals surface area contributed by atoms with Gasteiger partial charge in [0.15, 0.2) is 0 Å². The third-order valence-electron chi connectivity index (χ3n) is 4.29. The van der Waals surface area contributed by atoms with E-state index in [0.29, 0.717) is 6.04 Å². The van der Waals surface area contributed by atoms with Crippen LogP contribution in [-0.4, -0.2) is 6.54 Å². The van der Waals surface area contributed by atoms with Crippen LogP contribution in [0.25, 0.3) is 0 Å². The first kappa shape index (κ1) is 14.5. The number of halogens is 1. The van der Waals surface area contributed by atoms with Gasteiger partial charge < -0.3 is 5.32 Å². The van der Waals surface area contributed by atoms with Crippen LogP contribution in [0.5, 0.6) is 0 Å². The highest BCUT2D eigenvalue weighted by Gasteiger charge is 2.29. The Morgan fingerprint density at radius 1 is 1.33 bits per heavy atom. The molecule has 0 radical (unpaired) electrons. The maximum Gasteiger partial charge on any atom is 0.0454 e. The zero-order valence-corrected chi connectivity index (χ0v) is 13.8. The van der Waals surface area contributed by atoms with Crippen LogP contribution in [0.2, 0.25) is 0 Å². The zero-order chi connectivity index (χ0) is 13.0. The Labute approximate surface area is 123 Å². The lowest BCUT2D eigenvalue weighted by molar-refractivity contribution is 0.221. The van der Waals surface area contributed by atoms with Crippen LogP contribution in [0, 0.1) is 11.8 Å². The van der Waals surface area contributed by atoms with E-state index < -0.39 is 0 Å². The standard InChI is InChI=1S/C15H24BrNS/c1-3-11-5-7-12(8-6-11)14(17-4-2)15-13(16)9-10-18-15/h9-12,14,17H,3-8H2,1-2H3. The average molecular weight is 330 g/mol. The highest BCUT2D eigenvalue weighted by atomic mass is 79.9. The number of nitrogens with one attached hydrogen (secondary N) is 1. The molecule has 1 aliphatic carbocycles. The second-order valence-corrected chi connectivity index (χ2v) is 7.16. The molecule has 1 aromatic heterocycles. The summed E-state index contributed by atoms with van der Waals surface area (Å²) in [5.74, 6) is 1.80. The Morgan fingerprint density at radius 3 is 2.56 bits per heavy atom.